The van der Waals surface area contributed by atoms with Gasteiger partial charge in [0, 0.05) is 33.9 Å². The molecular formula is C21H29IN8. The van der Waals surface area contributed by atoms with Crippen molar-refractivity contribution in [2.75, 3.05) is 16.4 Å². The van der Waals surface area contributed by atoms with Gasteiger partial charge in [0.1, 0.15) is 0 Å². The SMILES string of the molecule is CC(C)n1cnc2c(NCc3cc(I)ccc3N)nc(NC3CCC(N)CC3)nc21. The van der Waals surface area contributed by atoms with E-state index in [-0.39, 0.29) is 6.04 Å². The van der Waals surface area contributed by atoms with Crippen LogP contribution in [0, 0.1) is 3.57 Å². The number of imidazole rings is 1. The summed E-state index contributed by atoms with van der Waals surface area (Å²) in [4.78, 5) is 14.2. The molecule has 0 aliphatic heterocycles. The van der Waals surface area contributed by atoms with E-state index in [0.717, 1.165) is 51.7 Å². The first-order chi connectivity index (χ1) is 14.4. The zero-order valence-electron chi connectivity index (χ0n) is 17.4. The van der Waals surface area contributed by atoms with Crippen LogP contribution in [0.4, 0.5) is 17.5 Å². The molecule has 0 atom stereocenters. The van der Waals surface area contributed by atoms with Gasteiger partial charge in [0.25, 0.3) is 0 Å². The molecule has 0 radical (unpaired) electrons. The number of nitrogens with zero attached hydrogens (tertiary/aromatic N) is 4. The van der Waals surface area contributed by atoms with Gasteiger partial charge in [-0.2, -0.15) is 9.97 Å². The average molecular weight is 520 g/mol. The molecule has 9 heteroatoms. The molecule has 0 saturated heterocycles. The minimum Gasteiger partial charge on any atom is -0.398 e. The van der Waals surface area contributed by atoms with Crippen LogP contribution in [0.2, 0.25) is 0 Å². The van der Waals surface area contributed by atoms with Crippen molar-refractivity contribution >= 4 is 51.2 Å². The van der Waals surface area contributed by atoms with Crippen molar-refractivity contribution < 1.29 is 0 Å². The van der Waals surface area contributed by atoms with Crippen LogP contribution in [0.25, 0.3) is 11.2 Å². The fourth-order valence-corrected chi connectivity index (χ4v) is 4.39. The molecule has 6 N–H and O–H groups in total. The highest BCUT2D eigenvalue weighted by molar-refractivity contribution is 14.1. The number of rotatable bonds is 6. The van der Waals surface area contributed by atoms with Crippen LogP contribution in [0.3, 0.4) is 0 Å². The van der Waals surface area contributed by atoms with Crippen molar-refractivity contribution in [1.82, 2.24) is 19.5 Å². The van der Waals surface area contributed by atoms with E-state index in [1.165, 1.54) is 0 Å². The van der Waals surface area contributed by atoms with E-state index in [2.05, 4.69) is 62.7 Å². The van der Waals surface area contributed by atoms with Gasteiger partial charge in [-0.1, -0.05) is 0 Å². The molecule has 1 aliphatic rings. The third-order valence-electron chi connectivity index (χ3n) is 5.63. The van der Waals surface area contributed by atoms with Gasteiger partial charge in [-0.25, -0.2) is 4.98 Å². The topological polar surface area (TPSA) is 120 Å². The van der Waals surface area contributed by atoms with Crippen LogP contribution >= 0.6 is 22.6 Å². The number of nitrogens with one attached hydrogen (secondary N) is 2. The summed E-state index contributed by atoms with van der Waals surface area (Å²) in [6.07, 6.45) is 5.96. The van der Waals surface area contributed by atoms with Gasteiger partial charge in [0.2, 0.25) is 5.95 Å². The number of nitrogen functional groups attached to an aromatic ring is 1. The Morgan fingerprint density at radius 1 is 1.20 bits per heavy atom. The minimum absolute atomic E-state index is 0.254. The predicted molar refractivity (Wildman–Crippen MR) is 130 cm³/mol. The first-order valence-electron chi connectivity index (χ1n) is 10.4. The van der Waals surface area contributed by atoms with E-state index < -0.39 is 0 Å². The summed E-state index contributed by atoms with van der Waals surface area (Å²) in [6, 6.07) is 6.93. The Hall–Kier alpha value is -2.14. The Labute approximate surface area is 190 Å². The Kier molecular flexibility index (Phi) is 6.28. The maximum absolute atomic E-state index is 6.16. The van der Waals surface area contributed by atoms with Crippen molar-refractivity contribution in [1.29, 1.82) is 0 Å². The third kappa shape index (κ3) is 4.61. The normalized spacial score (nSPS) is 19.4. The van der Waals surface area contributed by atoms with Crippen molar-refractivity contribution in [3.8, 4) is 0 Å². The average Bonchev–Trinajstić information content (AvgIpc) is 3.14. The number of hydrogen-bond acceptors (Lipinski definition) is 7. The number of fused-ring (bicyclic) bond motifs is 1. The Balaban J connectivity index is 1.64. The summed E-state index contributed by atoms with van der Waals surface area (Å²) in [5.41, 5.74) is 15.6. The molecule has 3 aromatic rings. The molecule has 2 heterocycles. The molecule has 0 amide bonds. The van der Waals surface area contributed by atoms with E-state index in [4.69, 9.17) is 21.4 Å². The Morgan fingerprint density at radius 2 is 1.97 bits per heavy atom. The minimum atomic E-state index is 0.254. The molecule has 1 aromatic carbocycles. The lowest BCUT2D eigenvalue weighted by molar-refractivity contribution is 0.410. The zero-order valence-corrected chi connectivity index (χ0v) is 19.6. The highest BCUT2D eigenvalue weighted by Crippen LogP contribution is 2.26. The van der Waals surface area contributed by atoms with Crippen LogP contribution in [0.15, 0.2) is 24.5 Å². The van der Waals surface area contributed by atoms with Crippen molar-refractivity contribution in [2.45, 2.75) is 64.2 Å². The maximum atomic E-state index is 6.16. The van der Waals surface area contributed by atoms with Crippen LogP contribution in [-0.2, 0) is 6.54 Å². The molecule has 0 bridgehead atoms. The van der Waals surface area contributed by atoms with Gasteiger partial charge in [0.05, 0.1) is 6.33 Å². The molecule has 1 aliphatic carbocycles. The molecular weight excluding hydrogens is 491 g/mol. The number of nitrogens with two attached hydrogens (primary N) is 2. The molecule has 8 nitrogen and oxygen atoms in total. The number of benzene rings is 1. The highest BCUT2D eigenvalue weighted by atomic mass is 127. The lowest BCUT2D eigenvalue weighted by Gasteiger charge is -2.27. The van der Waals surface area contributed by atoms with E-state index in [1.54, 1.807) is 0 Å². The highest BCUT2D eigenvalue weighted by Gasteiger charge is 2.21. The fourth-order valence-electron chi connectivity index (χ4n) is 3.83. The maximum Gasteiger partial charge on any atom is 0.227 e. The largest absolute Gasteiger partial charge is 0.398 e. The second-order valence-electron chi connectivity index (χ2n) is 8.27. The standard InChI is InChI=1S/C21H29IN8/c1-12(2)30-11-26-18-19(25-10-13-9-14(22)3-8-17(13)24)28-21(29-20(18)30)27-16-6-4-15(23)5-7-16/h3,8-9,11-12,15-16H,4-7,10,23-24H2,1-2H3,(H2,25,27,28,29). The van der Waals surface area contributed by atoms with Crippen LogP contribution in [0.1, 0.15) is 51.1 Å². The molecule has 2 aromatic heterocycles. The zero-order chi connectivity index (χ0) is 21.3. The molecule has 1 saturated carbocycles. The lowest BCUT2D eigenvalue weighted by Crippen LogP contribution is -2.33. The number of hydrogen-bond donors (Lipinski definition) is 4. The molecule has 4 rings (SSSR count). The van der Waals surface area contributed by atoms with Crippen molar-refractivity contribution in [3.63, 3.8) is 0 Å². The van der Waals surface area contributed by atoms with E-state index in [1.807, 2.05) is 18.5 Å². The van der Waals surface area contributed by atoms with Crippen LogP contribution in [-0.4, -0.2) is 31.6 Å². The first kappa shape index (κ1) is 21.1. The Bertz CT molecular complexity index is 1020. The molecule has 1 fully saturated rings. The summed E-state index contributed by atoms with van der Waals surface area (Å²) in [5, 5.41) is 6.96. The summed E-state index contributed by atoms with van der Waals surface area (Å²) < 4.78 is 3.22. The van der Waals surface area contributed by atoms with Gasteiger partial charge in [-0.3, -0.25) is 0 Å². The number of aromatic nitrogens is 4. The fraction of sp³-hybridized carbons (Fsp3) is 0.476. The smallest absolute Gasteiger partial charge is 0.227 e. The quantitative estimate of drug-likeness (QED) is 0.288. The monoisotopic (exact) mass is 520 g/mol. The van der Waals surface area contributed by atoms with Gasteiger partial charge in [-0.05, 0) is 85.9 Å². The number of halogens is 1. The van der Waals surface area contributed by atoms with E-state index in [9.17, 15) is 0 Å². The van der Waals surface area contributed by atoms with Crippen LogP contribution in [0.5, 0.6) is 0 Å². The predicted octanol–water partition coefficient (Wildman–Crippen LogP) is 3.89. The molecule has 30 heavy (non-hydrogen) atoms. The summed E-state index contributed by atoms with van der Waals surface area (Å²) in [5.74, 6) is 1.34. The van der Waals surface area contributed by atoms with Gasteiger partial charge < -0.3 is 26.7 Å². The van der Waals surface area contributed by atoms with Crippen LogP contribution < -0.4 is 22.1 Å². The first-order valence-corrected chi connectivity index (χ1v) is 11.5. The summed E-state index contributed by atoms with van der Waals surface area (Å²) in [7, 11) is 0. The number of anilines is 3. The van der Waals surface area contributed by atoms with E-state index in [0.29, 0.717) is 30.4 Å². The summed E-state index contributed by atoms with van der Waals surface area (Å²) >= 11 is 2.29. The third-order valence-corrected chi connectivity index (χ3v) is 6.31. The van der Waals surface area contributed by atoms with Crippen molar-refractivity contribution in [2.24, 2.45) is 5.73 Å². The lowest BCUT2D eigenvalue weighted by atomic mass is 9.92. The second-order valence-corrected chi connectivity index (χ2v) is 9.51. The van der Waals surface area contributed by atoms with Crippen molar-refractivity contribution in [3.05, 3.63) is 33.7 Å². The Morgan fingerprint density at radius 3 is 2.70 bits per heavy atom. The van der Waals surface area contributed by atoms with Gasteiger partial charge in [0.15, 0.2) is 17.0 Å². The second kappa shape index (κ2) is 8.93. The van der Waals surface area contributed by atoms with Gasteiger partial charge in [-0.15, -0.1) is 0 Å². The molecule has 0 spiro atoms. The van der Waals surface area contributed by atoms with E-state index >= 15 is 0 Å². The van der Waals surface area contributed by atoms with Gasteiger partial charge >= 0.3 is 0 Å². The molecule has 160 valence electrons. The molecule has 0 unspecified atom stereocenters. The summed E-state index contributed by atoms with van der Waals surface area (Å²) in [6.45, 7) is 4.82.